The number of ether oxygens (including phenoxy) is 1. The third-order valence-electron chi connectivity index (χ3n) is 4.15. The van der Waals surface area contributed by atoms with Gasteiger partial charge in [0.15, 0.2) is 0 Å². The number of rotatable bonds is 6. The minimum absolute atomic E-state index is 0.273. The Hall–Kier alpha value is -2.51. The van der Waals surface area contributed by atoms with E-state index in [1.807, 2.05) is 50.2 Å². The summed E-state index contributed by atoms with van der Waals surface area (Å²) in [5.41, 5.74) is 6.72. The van der Waals surface area contributed by atoms with E-state index in [4.69, 9.17) is 4.74 Å². The van der Waals surface area contributed by atoms with E-state index in [1.165, 1.54) is 0 Å². The average Bonchev–Trinajstić information content (AvgIpc) is 2.72. The van der Waals surface area contributed by atoms with Crippen LogP contribution in [0.4, 0.5) is 0 Å². The topological polar surface area (TPSA) is 63.6 Å². The van der Waals surface area contributed by atoms with Crippen molar-refractivity contribution in [3.05, 3.63) is 92.1 Å². The first-order chi connectivity index (χ1) is 13.9. The van der Waals surface area contributed by atoms with Gasteiger partial charge in [0.25, 0.3) is 5.91 Å². The van der Waals surface area contributed by atoms with E-state index >= 15 is 0 Å². The van der Waals surface area contributed by atoms with Crippen molar-refractivity contribution in [3.8, 4) is 5.75 Å². The second-order valence-electron chi connectivity index (χ2n) is 6.42. The van der Waals surface area contributed by atoms with Gasteiger partial charge in [-0.2, -0.15) is 5.10 Å². The third-order valence-corrected chi connectivity index (χ3v) is 5.32. The number of nitrogens with zero attached hydrogens (tertiary/aromatic N) is 2. The maximum atomic E-state index is 12.3. The van der Waals surface area contributed by atoms with Gasteiger partial charge in [0.05, 0.1) is 14.7 Å². The minimum atomic E-state index is -0.273. The fourth-order valence-corrected chi connectivity index (χ4v) is 4.22. The number of hydrogen-bond donors (Lipinski definition) is 1. The highest BCUT2D eigenvalue weighted by Gasteiger charge is 2.09. The summed E-state index contributed by atoms with van der Waals surface area (Å²) in [4.78, 5) is 16.4. The summed E-state index contributed by atoms with van der Waals surface area (Å²) in [6.45, 7) is 4.23. The smallest absolute Gasteiger partial charge is 0.271 e. The molecular formula is C22H19Br2N3O2. The van der Waals surface area contributed by atoms with Crippen LogP contribution in [0, 0.1) is 6.92 Å². The molecule has 7 heteroatoms. The van der Waals surface area contributed by atoms with Gasteiger partial charge in [0.1, 0.15) is 12.4 Å². The summed E-state index contributed by atoms with van der Waals surface area (Å²) in [6.07, 6.45) is 3.39. The Labute approximate surface area is 186 Å². The predicted molar refractivity (Wildman–Crippen MR) is 121 cm³/mol. The number of halogens is 2. The summed E-state index contributed by atoms with van der Waals surface area (Å²) in [5.74, 6) is 0.474. The highest BCUT2D eigenvalue weighted by molar-refractivity contribution is 9.11. The number of carbonyl (C=O) groups excluding carboxylic acids is 1. The van der Waals surface area contributed by atoms with Crippen molar-refractivity contribution < 1.29 is 9.53 Å². The molecule has 5 nitrogen and oxygen atoms in total. The Morgan fingerprint density at radius 2 is 1.79 bits per heavy atom. The monoisotopic (exact) mass is 515 g/mol. The van der Waals surface area contributed by atoms with Gasteiger partial charge >= 0.3 is 0 Å². The molecule has 0 radical (unpaired) electrons. The molecule has 1 heterocycles. The van der Waals surface area contributed by atoms with Gasteiger partial charge in [0.2, 0.25) is 0 Å². The average molecular weight is 517 g/mol. The first kappa shape index (κ1) is 21.2. The van der Waals surface area contributed by atoms with Crippen LogP contribution in [-0.4, -0.2) is 16.6 Å². The van der Waals surface area contributed by atoms with Gasteiger partial charge in [0, 0.05) is 23.5 Å². The van der Waals surface area contributed by atoms with E-state index in [9.17, 15) is 4.79 Å². The van der Waals surface area contributed by atoms with Gasteiger partial charge in [-0.1, -0.05) is 18.2 Å². The number of hydrogen-bond acceptors (Lipinski definition) is 4. The van der Waals surface area contributed by atoms with E-state index < -0.39 is 0 Å². The molecule has 0 bridgehead atoms. The molecule has 1 aromatic heterocycles. The molecule has 0 atom stereocenters. The molecule has 1 amide bonds. The lowest BCUT2D eigenvalue weighted by Crippen LogP contribution is -2.19. The van der Waals surface area contributed by atoms with E-state index in [0.29, 0.717) is 17.9 Å². The number of carbonyl (C=O) groups is 1. The Bertz CT molecular complexity index is 1010. The number of aromatic nitrogens is 1. The van der Waals surface area contributed by atoms with Crippen molar-refractivity contribution in [2.75, 3.05) is 0 Å². The number of benzene rings is 2. The van der Waals surface area contributed by atoms with Crippen LogP contribution in [0.25, 0.3) is 0 Å². The van der Waals surface area contributed by atoms with E-state index in [-0.39, 0.29) is 5.91 Å². The summed E-state index contributed by atoms with van der Waals surface area (Å²) in [7, 11) is 0. The maximum Gasteiger partial charge on any atom is 0.271 e. The summed E-state index contributed by atoms with van der Waals surface area (Å²) in [6, 6.07) is 14.9. The normalized spacial score (nSPS) is 11.2. The zero-order chi connectivity index (χ0) is 20.8. The lowest BCUT2D eigenvalue weighted by Gasteiger charge is -2.11. The fourth-order valence-electron chi connectivity index (χ4n) is 2.57. The van der Waals surface area contributed by atoms with Crippen molar-refractivity contribution in [2.45, 2.75) is 20.5 Å². The summed E-state index contributed by atoms with van der Waals surface area (Å²) < 4.78 is 7.70. The molecule has 29 heavy (non-hydrogen) atoms. The quantitative estimate of drug-likeness (QED) is 0.340. The first-order valence-electron chi connectivity index (χ1n) is 8.86. The van der Waals surface area contributed by atoms with Gasteiger partial charge in [-0.15, -0.1) is 0 Å². The molecule has 0 saturated heterocycles. The molecule has 1 N–H and O–H groups in total. The van der Waals surface area contributed by atoms with Crippen LogP contribution >= 0.6 is 31.9 Å². The largest absolute Gasteiger partial charge is 0.487 e. The number of amides is 1. The Kier molecular flexibility index (Phi) is 7.17. The lowest BCUT2D eigenvalue weighted by molar-refractivity contribution is 0.0955. The third kappa shape index (κ3) is 5.74. The van der Waals surface area contributed by atoms with E-state index in [0.717, 1.165) is 31.4 Å². The van der Waals surface area contributed by atoms with Crippen molar-refractivity contribution in [1.82, 2.24) is 10.4 Å². The van der Waals surface area contributed by atoms with Crippen LogP contribution in [0.3, 0.4) is 0 Å². The molecule has 2 aromatic carbocycles. The van der Waals surface area contributed by atoms with Crippen molar-refractivity contribution >= 4 is 43.5 Å². The van der Waals surface area contributed by atoms with E-state index in [1.54, 1.807) is 24.5 Å². The summed E-state index contributed by atoms with van der Waals surface area (Å²) in [5, 5.41) is 4.14. The molecule has 0 saturated carbocycles. The van der Waals surface area contributed by atoms with Gasteiger partial charge in [-0.3, -0.25) is 9.78 Å². The molecule has 0 aliphatic carbocycles. The SMILES string of the molecule is CC(=NNC(=O)c1ccc(COc2c(Br)cc(C)cc2Br)cc1)c1cccnc1. The molecule has 0 aliphatic heterocycles. The second kappa shape index (κ2) is 9.80. The van der Waals surface area contributed by atoms with Crippen LogP contribution in [0.5, 0.6) is 5.75 Å². The van der Waals surface area contributed by atoms with Crippen LogP contribution in [-0.2, 0) is 6.61 Å². The molecule has 0 spiro atoms. The molecular weight excluding hydrogens is 498 g/mol. The Morgan fingerprint density at radius 3 is 2.41 bits per heavy atom. The first-order valence-corrected chi connectivity index (χ1v) is 10.4. The zero-order valence-corrected chi connectivity index (χ0v) is 19.1. The zero-order valence-electron chi connectivity index (χ0n) is 15.9. The van der Waals surface area contributed by atoms with E-state index in [2.05, 4.69) is 47.4 Å². The number of nitrogens with one attached hydrogen (secondary N) is 1. The lowest BCUT2D eigenvalue weighted by atomic mass is 10.1. The fraction of sp³-hybridized carbons (Fsp3) is 0.136. The number of aryl methyl sites for hydroxylation is 1. The molecule has 148 valence electrons. The Balaban J connectivity index is 1.60. The van der Waals surface area contributed by atoms with Crippen LogP contribution < -0.4 is 10.2 Å². The maximum absolute atomic E-state index is 12.3. The molecule has 3 aromatic rings. The summed E-state index contributed by atoms with van der Waals surface area (Å²) >= 11 is 7.05. The van der Waals surface area contributed by atoms with Gasteiger partial charge in [-0.25, -0.2) is 5.43 Å². The Morgan fingerprint density at radius 1 is 1.10 bits per heavy atom. The molecule has 0 aliphatic rings. The van der Waals surface area contributed by atoms with Crippen molar-refractivity contribution in [1.29, 1.82) is 0 Å². The highest BCUT2D eigenvalue weighted by Crippen LogP contribution is 2.35. The number of hydrazone groups is 1. The molecule has 0 fully saturated rings. The van der Waals surface area contributed by atoms with Crippen molar-refractivity contribution in [2.24, 2.45) is 5.10 Å². The van der Waals surface area contributed by atoms with Crippen LogP contribution in [0.1, 0.15) is 34.0 Å². The highest BCUT2D eigenvalue weighted by atomic mass is 79.9. The predicted octanol–water partition coefficient (Wildman–Crippen LogP) is 5.65. The van der Waals surface area contributed by atoms with Crippen LogP contribution in [0.15, 0.2) is 75.0 Å². The second-order valence-corrected chi connectivity index (χ2v) is 8.13. The molecule has 0 unspecified atom stereocenters. The standard InChI is InChI=1S/C22H19Br2N3O2/c1-14-10-19(23)21(20(24)11-14)29-13-16-5-7-17(8-6-16)22(28)27-26-15(2)18-4-3-9-25-12-18/h3-12H,13H2,1-2H3,(H,27,28). The van der Waals surface area contributed by atoms with Crippen molar-refractivity contribution in [3.63, 3.8) is 0 Å². The number of pyridine rings is 1. The van der Waals surface area contributed by atoms with Crippen LogP contribution in [0.2, 0.25) is 0 Å². The van der Waals surface area contributed by atoms with Gasteiger partial charge < -0.3 is 4.74 Å². The minimum Gasteiger partial charge on any atom is -0.487 e. The molecule has 3 rings (SSSR count). The van der Waals surface area contributed by atoms with Gasteiger partial charge in [-0.05, 0) is 87.2 Å².